The van der Waals surface area contributed by atoms with E-state index < -0.39 is 30.0 Å². The van der Waals surface area contributed by atoms with Crippen molar-refractivity contribution in [3.8, 4) is 5.75 Å². The number of benzene rings is 2. The van der Waals surface area contributed by atoms with E-state index in [1.165, 1.54) is 23.1 Å². The SMILES string of the molecule is C=CC[C@@H](C)N(C)C(=O)C[C@@](O)(C(=O)OC)c1ccc2c(c1)N(CC1CCC1C(O)C=C)CC(c1ccc(Cl)cc1CCC)CO2. The van der Waals surface area contributed by atoms with Gasteiger partial charge in [-0.25, -0.2) is 4.79 Å². The molecule has 1 fully saturated rings. The number of carbonyl (C=O) groups excluding carboxylic acids is 2. The topological polar surface area (TPSA) is 99.5 Å². The Morgan fingerprint density at radius 2 is 2.00 bits per heavy atom. The quantitative estimate of drug-likeness (QED) is 0.190. The zero-order valence-corrected chi connectivity index (χ0v) is 28.3. The molecule has 0 spiro atoms. The third-order valence-corrected chi connectivity index (χ3v) is 10.1. The summed E-state index contributed by atoms with van der Waals surface area (Å²) in [5, 5.41) is 23.2. The number of aliphatic hydroxyl groups is 2. The van der Waals surface area contributed by atoms with Crippen LogP contribution in [0, 0.1) is 11.8 Å². The van der Waals surface area contributed by atoms with Gasteiger partial charge in [0.2, 0.25) is 5.91 Å². The van der Waals surface area contributed by atoms with Crippen molar-refractivity contribution in [3.05, 3.63) is 83.4 Å². The number of fused-ring (bicyclic) bond motifs is 1. The summed E-state index contributed by atoms with van der Waals surface area (Å²) in [6.07, 6.45) is 6.56. The predicted molar refractivity (Wildman–Crippen MR) is 182 cm³/mol. The molecule has 1 amide bonds. The van der Waals surface area contributed by atoms with Crippen LogP contribution in [0.5, 0.6) is 5.75 Å². The van der Waals surface area contributed by atoms with E-state index in [-0.39, 0.29) is 29.4 Å². The van der Waals surface area contributed by atoms with E-state index in [0.29, 0.717) is 42.6 Å². The number of esters is 1. The second kappa shape index (κ2) is 15.5. The summed E-state index contributed by atoms with van der Waals surface area (Å²) in [6, 6.07) is 11.0. The fourth-order valence-electron chi connectivity index (χ4n) is 6.75. The minimum atomic E-state index is -2.22. The van der Waals surface area contributed by atoms with Crippen LogP contribution in [0.2, 0.25) is 5.02 Å². The molecular formula is C37H49ClN2O6. The maximum atomic E-state index is 13.4. The summed E-state index contributed by atoms with van der Waals surface area (Å²) < 4.78 is 11.5. The van der Waals surface area contributed by atoms with Gasteiger partial charge >= 0.3 is 5.97 Å². The molecule has 1 aliphatic carbocycles. The summed E-state index contributed by atoms with van der Waals surface area (Å²) in [6.45, 7) is 13.3. The molecule has 4 rings (SSSR count). The normalized spacial score (nSPS) is 21.7. The number of aliphatic hydroxyl groups excluding tert-OH is 1. The Morgan fingerprint density at radius 1 is 1.24 bits per heavy atom. The number of halogens is 1. The molecule has 2 aromatic rings. The first-order valence-electron chi connectivity index (χ1n) is 16.3. The molecule has 0 saturated heterocycles. The molecule has 8 nitrogen and oxygen atoms in total. The zero-order valence-electron chi connectivity index (χ0n) is 27.6. The van der Waals surface area contributed by atoms with Gasteiger partial charge in [-0.15, -0.1) is 13.2 Å². The van der Waals surface area contributed by atoms with Crippen LogP contribution in [0.3, 0.4) is 0 Å². The van der Waals surface area contributed by atoms with Gasteiger partial charge in [0.1, 0.15) is 5.75 Å². The molecule has 4 unspecified atom stereocenters. The highest BCUT2D eigenvalue weighted by molar-refractivity contribution is 6.30. The van der Waals surface area contributed by atoms with E-state index in [4.69, 9.17) is 21.1 Å². The number of amides is 1. The summed E-state index contributed by atoms with van der Waals surface area (Å²) in [5.41, 5.74) is 1.11. The molecule has 6 atom stereocenters. The number of hydrogen-bond donors (Lipinski definition) is 2. The van der Waals surface area contributed by atoms with Crippen molar-refractivity contribution >= 4 is 29.2 Å². The Balaban J connectivity index is 1.75. The van der Waals surface area contributed by atoms with E-state index in [2.05, 4.69) is 31.0 Å². The van der Waals surface area contributed by atoms with Crippen LogP contribution in [0.4, 0.5) is 5.69 Å². The number of anilines is 1. The summed E-state index contributed by atoms with van der Waals surface area (Å²) in [4.78, 5) is 30.3. The van der Waals surface area contributed by atoms with Crippen molar-refractivity contribution in [1.29, 1.82) is 0 Å². The highest BCUT2D eigenvalue weighted by Crippen LogP contribution is 2.43. The first-order valence-corrected chi connectivity index (χ1v) is 16.6. The van der Waals surface area contributed by atoms with Gasteiger partial charge in [0, 0.05) is 37.1 Å². The number of nitrogens with zero attached hydrogens (tertiary/aromatic N) is 2. The fraction of sp³-hybridized carbons (Fsp3) is 0.514. The largest absolute Gasteiger partial charge is 0.491 e. The molecule has 46 heavy (non-hydrogen) atoms. The van der Waals surface area contributed by atoms with E-state index in [0.717, 1.165) is 25.7 Å². The number of aryl methyl sites for hydroxylation is 1. The number of carbonyl (C=O) groups is 2. The van der Waals surface area contributed by atoms with Crippen LogP contribution in [0.1, 0.15) is 68.6 Å². The van der Waals surface area contributed by atoms with Crippen molar-refractivity contribution in [2.24, 2.45) is 11.8 Å². The van der Waals surface area contributed by atoms with E-state index in [1.807, 2.05) is 19.1 Å². The Morgan fingerprint density at radius 3 is 2.63 bits per heavy atom. The van der Waals surface area contributed by atoms with Crippen molar-refractivity contribution in [2.45, 2.75) is 76.0 Å². The van der Waals surface area contributed by atoms with Gasteiger partial charge in [0.15, 0.2) is 5.60 Å². The van der Waals surface area contributed by atoms with Gasteiger partial charge in [-0.05, 0) is 85.4 Å². The van der Waals surface area contributed by atoms with Gasteiger partial charge in [-0.2, -0.15) is 0 Å². The Kier molecular flexibility index (Phi) is 12.0. The van der Waals surface area contributed by atoms with Crippen LogP contribution in [0.25, 0.3) is 0 Å². The van der Waals surface area contributed by atoms with Crippen molar-refractivity contribution in [2.75, 3.05) is 38.8 Å². The van der Waals surface area contributed by atoms with Crippen molar-refractivity contribution in [1.82, 2.24) is 4.90 Å². The van der Waals surface area contributed by atoms with Gasteiger partial charge in [0.05, 0.1) is 31.9 Å². The molecule has 1 heterocycles. The van der Waals surface area contributed by atoms with Crippen LogP contribution in [0.15, 0.2) is 61.7 Å². The molecule has 0 aromatic heterocycles. The van der Waals surface area contributed by atoms with E-state index in [9.17, 15) is 19.8 Å². The lowest BCUT2D eigenvalue weighted by molar-refractivity contribution is -0.168. The monoisotopic (exact) mass is 652 g/mol. The molecule has 1 saturated carbocycles. The highest BCUT2D eigenvalue weighted by Gasteiger charge is 2.44. The van der Waals surface area contributed by atoms with Crippen LogP contribution < -0.4 is 9.64 Å². The van der Waals surface area contributed by atoms with E-state index in [1.54, 1.807) is 37.4 Å². The average molecular weight is 653 g/mol. The molecule has 2 aliphatic rings. The molecule has 2 N–H and O–H groups in total. The number of rotatable bonds is 14. The van der Waals surface area contributed by atoms with Gasteiger partial charge in [0.25, 0.3) is 0 Å². The lowest BCUT2D eigenvalue weighted by Gasteiger charge is -2.42. The maximum absolute atomic E-state index is 13.4. The number of methoxy groups -OCH3 is 1. The van der Waals surface area contributed by atoms with Gasteiger partial charge in [-0.3, -0.25) is 4.79 Å². The second-order valence-corrected chi connectivity index (χ2v) is 13.3. The molecule has 0 radical (unpaired) electrons. The van der Waals surface area contributed by atoms with Crippen molar-refractivity contribution in [3.63, 3.8) is 0 Å². The molecule has 1 aliphatic heterocycles. The standard InChI is InChI=1S/C37H49ClN2O6/c1-7-10-24(4)39(5)35(42)20-37(44,36(43)45-6)28-13-17-34-32(19-28)40(21-26-12-15-31(26)33(41)9-3)22-27(23-46-34)30-16-14-29(38)18-25(30)11-8-2/h7,9,13-14,16-19,24,26-27,31,33,41,44H,1,3,8,10-12,15,20-23H2,2,4-6H3/t24-,26?,27?,31?,33?,37+/m1/s1. The van der Waals surface area contributed by atoms with Crippen molar-refractivity contribution < 1.29 is 29.3 Å². The summed E-state index contributed by atoms with van der Waals surface area (Å²) in [7, 11) is 2.85. The number of ether oxygens (including phenoxy) is 2. The molecule has 0 bridgehead atoms. The molecular weight excluding hydrogens is 604 g/mol. The predicted octanol–water partition coefficient (Wildman–Crippen LogP) is 6.02. The van der Waals surface area contributed by atoms with Crippen LogP contribution in [-0.4, -0.2) is 73.0 Å². The number of hydrogen-bond acceptors (Lipinski definition) is 7. The third-order valence-electron chi connectivity index (χ3n) is 9.83. The zero-order chi connectivity index (χ0) is 33.6. The molecule has 250 valence electrons. The smallest absolute Gasteiger partial charge is 0.343 e. The Hall–Kier alpha value is -3.33. The first-order chi connectivity index (χ1) is 22.0. The second-order valence-electron chi connectivity index (χ2n) is 12.8. The lowest BCUT2D eigenvalue weighted by atomic mass is 9.70. The Bertz CT molecular complexity index is 1410. The summed E-state index contributed by atoms with van der Waals surface area (Å²) >= 11 is 6.40. The first kappa shape index (κ1) is 35.5. The summed E-state index contributed by atoms with van der Waals surface area (Å²) in [5.74, 6) is -0.373. The van der Waals surface area contributed by atoms with Crippen LogP contribution in [-0.2, 0) is 26.3 Å². The minimum Gasteiger partial charge on any atom is -0.491 e. The average Bonchev–Trinajstić information content (AvgIpc) is 3.21. The highest BCUT2D eigenvalue weighted by atomic mass is 35.5. The van der Waals surface area contributed by atoms with Gasteiger partial charge in [-0.1, -0.05) is 49.2 Å². The molecule has 2 aromatic carbocycles. The molecule has 9 heteroatoms. The van der Waals surface area contributed by atoms with Crippen LogP contribution >= 0.6 is 11.6 Å². The Labute approximate surface area is 278 Å². The van der Waals surface area contributed by atoms with Gasteiger partial charge < -0.3 is 29.5 Å². The maximum Gasteiger partial charge on any atom is 0.343 e. The fourth-order valence-corrected chi connectivity index (χ4v) is 6.94. The minimum absolute atomic E-state index is 0.0126. The lowest BCUT2D eigenvalue weighted by Crippen LogP contribution is -2.45. The third kappa shape index (κ3) is 7.62. The van der Waals surface area contributed by atoms with E-state index >= 15 is 0 Å².